The summed E-state index contributed by atoms with van der Waals surface area (Å²) >= 11 is 1.50. The second kappa shape index (κ2) is 7.17. The van der Waals surface area contributed by atoms with E-state index >= 15 is 0 Å². The van der Waals surface area contributed by atoms with Crippen molar-refractivity contribution in [1.82, 2.24) is 4.98 Å². The lowest BCUT2D eigenvalue weighted by molar-refractivity contribution is -0.133. The second-order valence-corrected chi connectivity index (χ2v) is 7.02. The van der Waals surface area contributed by atoms with Gasteiger partial charge in [0.25, 0.3) is 0 Å². The van der Waals surface area contributed by atoms with E-state index in [1.54, 1.807) is 43.5 Å². The third-order valence-electron chi connectivity index (χ3n) is 4.13. The van der Waals surface area contributed by atoms with Gasteiger partial charge in [0, 0.05) is 22.7 Å². The number of benzene rings is 1. The van der Waals surface area contributed by atoms with Crippen LogP contribution >= 0.6 is 11.3 Å². The van der Waals surface area contributed by atoms with E-state index in [2.05, 4.69) is 4.98 Å². The van der Waals surface area contributed by atoms with E-state index in [-0.39, 0.29) is 23.9 Å². The van der Waals surface area contributed by atoms with Gasteiger partial charge in [-0.05, 0) is 42.6 Å². The molecule has 0 spiro atoms. The highest BCUT2D eigenvalue weighted by Gasteiger charge is 2.30. The van der Waals surface area contributed by atoms with Crippen molar-refractivity contribution in [3.8, 4) is 11.5 Å². The molecule has 0 amide bonds. The predicted molar refractivity (Wildman–Crippen MR) is 102 cm³/mol. The van der Waals surface area contributed by atoms with Crippen LogP contribution in [0.4, 0.5) is 0 Å². The smallest absolute Gasteiger partial charge is 0.316 e. The average Bonchev–Trinajstić information content (AvgIpc) is 3.28. The molecule has 0 N–H and O–H groups in total. The van der Waals surface area contributed by atoms with Gasteiger partial charge in [0.2, 0.25) is 5.78 Å². The van der Waals surface area contributed by atoms with Crippen LogP contribution in [0.2, 0.25) is 0 Å². The number of Topliss-reactive ketones (excluding diaryl/α,β-unsaturated/α-hetero) is 1. The van der Waals surface area contributed by atoms with Crippen molar-refractivity contribution in [3.63, 3.8) is 0 Å². The van der Waals surface area contributed by atoms with Crippen molar-refractivity contribution >= 4 is 29.2 Å². The van der Waals surface area contributed by atoms with Crippen LogP contribution in [0.3, 0.4) is 0 Å². The number of carbonyl (C=O) groups excluding carboxylic acids is 2. The summed E-state index contributed by atoms with van der Waals surface area (Å²) in [4.78, 5) is 29.8. The molecule has 134 valence electrons. The lowest BCUT2D eigenvalue weighted by Gasteiger charge is -2.09. The fourth-order valence-corrected chi connectivity index (χ4v) is 3.48. The first-order valence-corrected chi connectivity index (χ1v) is 9.22. The molecular formula is C21H15NO4S. The minimum Gasteiger partial charge on any atom is -0.452 e. The zero-order chi connectivity index (χ0) is 18.8. The Morgan fingerprint density at radius 1 is 1.22 bits per heavy atom. The minimum atomic E-state index is -0.353. The molecule has 2 aromatic heterocycles. The number of aromatic nitrogens is 1. The van der Waals surface area contributed by atoms with E-state index in [1.807, 2.05) is 23.6 Å². The van der Waals surface area contributed by atoms with E-state index in [0.29, 0.717) is 28.3 Å². The molecule has 6 heteroatoms. The van der Waals surface area contributed by atoms with Gasteiger partial charge in [0.1, 0.15) is 11.5 Å². The molecular weight excluding hydrogens is 362 g/mol. The second-order valence-electron chi connectivity index (χ2n) is 5.99. The van der Waals surface area contributed by atoms with Crippen LogP contribution in [0.25, 0.3) is 6.08 Å². The number of esters is 1. The van der Waals surface area contributed by atoms with Crippen LogP contribution < -0.4 is 9.47 Å². The Morgan fingerprint density at radius 2 is 2.11 bits per heavy atom. The van der Waals surface area contributed by atoms with Crippen molar-refractivity contribution < 1.29 is 19.1 Å². The lowest BCUT2D eigenvalue weighted by atomic mass is 10.1. The Morgan fingerprint density at radius 3 is 2.85 bits per heavy atom. The highest BCUT2D eigenvalue weighted by atomic mass is 32.1. The monoisotopic (exact) mass is 377 g/mol. The van der Waals surface area contributed by atoms with Crippen LogP contribution in [0, 0.1) is 6.92 Å². The number of rotatable bonds is 4. The number of ketones is 1. The Kier molecular flexibility index (Phi) is 4.56. The summed E-state index contributed by atoms with van der Waals surface area (Å²) in [5.74, 6) is 0.448. The highest BCUT2D eigenvalue weighted by molar-refractivity contribution is 7.10. The Balaban J connectivity index is 1.57. The van der Waals surface area contributed by atoms with Crippen molar-refractivity contribution in [2.75, 3.05) is 0 Å². The van der Waals surface area contributed by atoms with Crippen LogP contribution in [0.5, 0.6) is 11.5 Å². The van der Waals surface area contributed by atoms with Gasteiger partial charge in [-0.25, -0.2) is 0 Å². The number of carbonyl (C=O) groups is 2. The Labute approximate surface area is 159 Å². The summed E-state index contributed by atoms with van der Waals surface area (Å²) < 4.78 is 11.2. The van der Waals surface area contributed by atoms with E-state index in [1.165, 1.54) is 11.3 Å². The van der Waals surface area contributed by atoms with Crippen molar-refractivity contribution in [3.05, 3.63) is 81.5 Å². The molecule has 0 atom stereocenters. The van der Waals surface area contributed by atoms with Gasteiger partial charge < -0.3 is 9.47 Å². The standard InChI is InChI=1S/C21H15NO4S/c1-13-17(25-19(23)12-15-6-4-10-27-15)8-7-16-20(24)18(26-21(13)16)11-14-5-2-3-9-22-14/h2-11H,12H2,1H3/b18-11-. The quantitative estimate of drug-likeness (QED) is 0.387. The molecule has 0 radical (unpaired) electrons. The van der Waals surface area contributed by atoms with E-state index in [0.717, 1.165) is 4.88 Å². The normalized spacial score (nSPS) is 14.1. The molecule has 0 unspecified atom stereocenters. The number of fused-ring (bicyclic) bond motifs is 1. The van der Waals surface area contributed by atoms with Crippen molar-refractivity contribution in [1.29, 1.82) is 0 Å². The highest BCUT2D eigenvalue weighted by Crippen LogP contribution is 2.39. The fraction of sp³-hybridized carbons (Fsp3) is 0.0952. The molecule has 1 aliphatic rings. The van der Waals surface area contributed by atoms with Gasteiger partial charge in [0.15, 0.2) is 5.76 Å². The maximum Gasteiger partial charge on any atom is 0.316 e. The molecule has 5 nitrogen and oxygen atoms in total. The number of ether oxygens (including phenoxy) is 2. The van der Waals surface area contributed by atoms with Crippen molar-refractivity contribution in [2.45, 2.75) is 13.3 Å². The Bertz CT molecular complexity index is 1040. The first-order valence-electron chi connectivity index (χ1n) is 8.34. The summed E-state index contributed by atoms with van der Waals surface area (Å²) in [5.41, 5.74) is 1.70. The number of pyridine rings is 1. The predicted octanol–water partition coefficient (Wildman–Crippen LogP) is 4.22. The number of nitrogens with zero attached hydrogens (tertiary/aromatic N) is 1. The van der Waals surface area contributed by atoms with Crippen molar-refractivity contribution in [2.24, 2.45) is 0 Å². The largest absolute Gasteiger partial charge is 0.452 e. The third-order valence-corrected chi connectivity index (χ3v) is 5.00. The number of allylic oxidation sites excluding steroid dienone is 1. The number of thiophene rings is 1. The summed E-state index contributed by atoms with van der Waals surface area (Å²) in [6.45, 7) is 1.77. The SMILES string of the molecule is Cc1c(OC(=O)Cc2cccs2)ccc2c1O/C(=C\c1ccccn1)C2=O. The fourth-order valence-electron chi connectivity index (χ4n) is 2.79. The maximum atomic E-state index is 12.6. The molecule has 0 fully saturated rings. The van der Waals surface area contributed by atoms with Crippen LogP contribution in [-0.4, -0.2) is 16.7 Å². The van der Waals surface area contributed by atoms with Crippen LogP contribution in [0.15, 0.2) is 59.8 Å². The van der Waals surface area contributed by atoms with Crippen LogP contribution in [-0.2, 0) is 11.2 Å². The van der Waals surface area contributed by atoms with Gasteiger partial charge in [-0.2, -0.15) is 0 Å². The van der Waals surface area contributed by atoms with Gasteiger partial charge in [0.05, 0.1) is 17.7 Å². The van der Waals surface area contributed by atoms with Gasteiger partial charge in [-0.1, -0.05) is 12.1 Å². The molecule has 1 aromatic carbocycles. The van der Waals surface area contributed by atoms with E-state index in [9.17, 15) is 9.59 Å². The summed E-state index contributed by atoms with van der Waals surface area (Å²) in [5, 5.41) is 1.91. The summed E-state index contributed by atoms with van der Waals surface area (Å²) in [6.07, 6.45) is 3.46. The molecule has 0 bridgehead atoms. The van der Waals surface area contributed by atoms with Gasteiger partial charge in [-0.3, -0.25) is 14.6 Å². The van der Waals surface area contributed by atoms with Gasteiger partial charge >= 0.3 is 5.97 Å². The molecule has 1 aliphatic heterocycles. The molecule has 4 rings (SSSR count). The zero-order valence-electron chi connectivity index (χ0n) is 14.5. The molecule has 0 saturated carbocycles. The average molecular weight is 377 g/mol. The molecule has 0 saturated heterocycles. The minimum absolute atomic E-state index is 0.203. The molecule has 27 heavy (non-hydrogen) atoms. The van der Waals surface area contributed by atoms with E-state index in [4.69, 9.17) is 9.47 Å². The molecule has 3 heterocycles. The molecule has 3 aromatic rings. The van der Waals surface area contributed by atoms with Crippen LogP contribution in [0.1, 0.15) is 26.5 Å². The maximum absolute atomic E-state index is 12.6. The first-order chi connectivity index (χ1) is 13.1. The lowest BCUT2D eigenvalue weighted by Crippen LogP contribution is -2.11. The first kappa shape index (κ1) is 17.2. The Hall–Kier alpha value is -3.25. The van der Waals surface area contributed by atoms with Gasteiger partial charge in [-0.15, -0.1) is 11.3 Å². The topological polar surface area (TPSA) is 65.5 Å². The zero-order valence-corrected chi connectivity index (χ0v) is 15.3. The molecule has 0 aliphatic carbocycles. The third kappa shape index (κ3) is 3.52. The summed E-state index contributed by atoms with van der Waals surface area (Å²) in [7, 11) is 0. The number of hydrogen-bond acceptors (Lipinski definition) is 6. The number of hydrogen-bond donors (Lipinski definition) is 0. The van der Waals surface area contributed by atoms with E-state index < -0.39 is 0 Å². The summed E-state index contributed by atoms with van der Waals surface area (Å²) in [6, 6.07) is 12.5.